The van der Waals surface area contributed by atoms with E-state index in [4.69, 9.17) is 5.84 Å². The number of carbonyl (C=O) groups excluding carboxylic acids is 1. The standard InChI is InChI=1S/C4H9N3OS/c5-7-4(8)3-1-9-2-6-3/h3,6H,1-2,5H2,(H,7,8). The largest absolute Gasteiger partial charge is 0.296 e. The Morgan fingerprint density at radius 3 is 3.11 bits per heavy atom. The molecule has 1 aliphatic rings. The van der Waals surface area contributed by atoms with Gasteiger partial charge in [0.15, 0.2) is 0 Å². The highest BCUT2D eigenvalue weighted by molar-refractivity contribution is 7.99. The molecule has 4 N–H and O–H groups in total. The minimum atomic E-state index is -0.125. The fraction of sp³-hybridized carbons (Fsp3) is 0.750. The van der Waals surface area contributed by atoms with E-state index < -0.39 is 0 Å². The second kappa shape index (κ2) is 3.05. The fourth-order valence-electron chi connectivity index (χ4n) is 0.664. The number of hydrogen-bond donors (Lipinski definition) is 3. The average molecular weight is 147 g/mol. The second-order valence-electron chi connectivity index (χ2n) is 1.78. The molecule has 52 valence electrons. The van der Waals surface area contributed by atoms with Gasteiger partial charge in [-0.1, -0.05) is 0 Å². The first kappa shape index (κ1) is 6.85. The lowest BCUT2D eigenvalue weighted by Crippen LogP contribution is -2.45. The Labute approximate surface area is 57.5 Å². The summed E-state index contributed by atoms with van der Waals surface area (Å²) in [5.74, 6) is 6.45. The van der Waals surface area contributed by atoms with Crippen molar-refractivity contribution in [1.29, 1.82) is 0 Å². The Morgan fingerprint density at radius 2 is 2.67 bits per heavy atom. The van der Waals surface area contributed by atoms with Crippen molar-refractivity contribution in [3.8, 4) is 0 Å². The molecule has 0 bridgehead atoms. The maximum atomic E-state index is 10.7. The van der Waals surface area contributed by atoms with Gasteiger partial charge >= 0.3 is 0 Å². The zero-order valence-electron chi connectivity index (χ0n) is 4.89. The van der Waals surface area contributed by atoms with Gasteiger partial charge in [0, 0.05) is 11.6 Å². The van der Waals surface area contributed by atoms with Crippen LogP contribution in [0.25, 0.3) is 0 Å². The van der Waals surface area contributed by atoms with E-state index in [2.05, 4.69) is 10.7 Å². The summed E-state index contributed by atoms with van der Waals surface area (Å²) in [5.41, 5.74) is 2.09. The Kier molecular flexibility index (Phi) is 2.32. The predicted octanol–water partition coefficient (Wildman–Crippen LogP) is -1.36. The summed E-state index contributed by atoms with van der Waals surface area (Å²) in [7, 11) is 0. The number of nitrogens with two attached hydrogens (primary N) is 1. The van der Waals surface area contributed by atoms with Crippen LogP contribution in [-0.4, -0.2) is 23.6 Å². The maximum Gasteiger partial charge on any atom is 0.251 e. The van der Waals surface area contributed by atoms with Crippen LogP contribution >= 0.6 is 11.8 Å². The molecule has 0 radical (unpaired) electrons. The van der Waals surface area contributed by atoms with Gasteiger partial charge in [-0.05, 0) is 0 Å². The molecule has 0 aromatic heterocycles. The number of amides is 1. The Balaban J connectivity index is 2.32. The zero-order valence-corrected chi connectivity index (χ0v) is 5.70. The van der Waals surface area contributed by atoms with E-state index in [9.17, 15) is 4.79 Å². The molecule has 0 aromatic carbocycles. The van der Waals surface area contributed by atoms with Crippen LogP contribution in [0.2, 0.25) is 0 Å². The molecule has 1 fully saturated rings. The quantitative estimate of drug-likeness (QED) is 0.243. The smallest absolute Gasteiger partial charge is 0.251 e. The van der Waals surface area contributed by atoms with Gasteiger partial charge < -0.3 is 0 Å². The normalized spacial score (nSPS) is 26.1. The first-order valence-electron chi connectivity index (χ1n) is 2.66. The van der Waals surface area contributed by atoms with Crippen LogP contribution in [0.3, 0.4) is 0 Å². The fourth-order valence-corrected chi connectivity index (χ4v) is 1.61. The van der Waals surface area contributed by atoms with Gasteiger partial charge in [-0.3, -0.25) is 15.5 Å². The van der Waals surface area contributed by atoms with Crippen LogP contribution in [0, 0.1) is 0 Å². The summed E-state index contributed by atoms with van der Waals surface area (Å²) < 4.78 is 0. The number of carbonyl (C=O) groups is 1. The topological polar surface area (TPSA) is 67.1 Å². The van der Waals surface area contributed by atoms with Crippen LogP contribution in [0.5, 0.6) is 0 Å². The van der Waals surface area contributed by atoms with Crippen LogP contribution in [0.15, 0.2) is 0 Å². The van der Waals surface area contributed by atoms with Gasteiger partial charge in [0.1, 0.15) is 0 Å². The SMILES string of the molecule is NNC(=O)C1CSCN1. The third kappa shape index (κ3) is 1.57. The molecular weight excluding hydrogens is 138 g/mol. The maximum absolute atomic E-state index is 10.7. The summed E-state index contributed by atoms with van der Waals surface area (Å²) in [6.07, 6.45) is 0. The molecule has 5 heteroatoms. The predicted molar refractivity (Wildman–Crippen MR) is 36.6 cm³/mol. The van der Waals surface area contributed by atoms with Gasteiger partial charge in [0.2, 0.25) is 0 Å². The molecule has 0 aromatic rings. The number of thioether (sulfide) groups is 1. The minimum absolute atomic E-state index is 0.0833. The third-order valence-corrected chi connectivity index (χ3v) is 2.11. The van der Waals surface area contributed by atoms with Gasteiger partial charge in [-0.15, -0.1) is 11.8 Å². The average Bonchev–Trinajstić information content (AvgIpc) is 2.37. The zero-order chi connectivity index (χ0) is 6.69. The summed E-state index contributed by atoms with van der Waals surface area (Å²) in [4.78, 5) is 10.7. The van der Waals surface area contributed by atoms with Crippen molar-refractivity contribution < 1.29 is 4.79 Å². The summed E-state index contributed by atoms with van der Waals surface area (Å²) in [5, 5.41) is 2.98. The second-order valence-corrected chi connectivity index (χ2v) is 2.81. The van der Waals surface area contributed by atoms with Gasteiger partial charge in [-0.25, -0.2) is 5.84 Å². The first-order valence-corrected chi connectivity index (χ1v) is 3.81. The number of hydrazine groups is 1. The summed E-state index contributed by atoms with van der Waals surface area (Å²) in [6.45, 7) is 0. The third-order valence-electron chi connectivity index (χ3n) is 1.18. The van der Waals surface area contributed by atoms with Gasteiger partial charge in [0.05, 0.1) is 6.04 Å². The van der Waals surface area contributed by atoms with E-state index in [0.29, 0.717) is 0 Å². The molecule has 9 heavy (non-hydrogen) atoms. The molecule has 0 aliphatic carbocycles. The van der Waals surface area contributed by atoms with E-state index in [1.807, 2.05) is 0 Å². The number of rotatable bonds is 1. The molecule has 1 amide bonds. The number of hydrogen-bond acceptors (Lipinski definition) is 4. The molecule has 1 rings (SSSR count). The lowest BCUT2D eigenvalue weighted by atomic mass is 10.3. The van der Waals surface area contributed by atoms with Crippen molar-refractivity contribution in [2.75, 3.05) is 11.6 Å². The number of nitrogens with one attached hydrogen (secondary N) is 2. The molecule has 4 nitrogen and oxygen atoms in total. The van der Waals surface area contributed by atoms with Gasteiger partial charge in [-0.2, -0.15) is 0 Å². The molecule has 1 saturated heterocycles. The molecule has 0 spiro atoms. The summed E-state index contributed by atoms with van der Waals surface area (Å²) >= 11 is 1.70. The van der Waals surface area contributed by atoms with Crippen molar-refractivity contribution in [1.82, 2.24) is 10.7 Å². The first-order chi connectivity index (χ1) is 4.34. The molecule has 1 atom stereocenters. The van der Waals surface area contributed by atoms with Gasteiger partial charge in [0.25, 0.3) is 5.91 Å². The Hall–Kier alpha value is -0.260. The van der Waals surface area contributed by atoms with Crippen molar-refractivity contribution in [3.05, 3.63) is 0 Å². The molecule has 0 saturated carbocycles. The summed E-state index contributed by atoms with van der Waals surface area (Å²) in [6, 6.07) is -0.0833. The van der Waals surface area contributed by atoms with E-state index in [0.717, 1.165) is 11.6 Å². The molecular formula is C4H9N3OS. The van der Waals surface area contributed by atoms with E-state index >= 15 is 0 Å². The van der Waals surface area contributed by atoms with Crippen molar-refractivity contribution in [3.63, 3.8) is 0 Å². The van der Waals surface area contributed by atoms with Crippen LogP contribution in [0.4, 0.5) is 0 Å². The van der Waals surface area contributed by atoms with Crippen LogP contribution in [0.1, 0.15) is 0 Å². The minimum Gasteiger partial charge on any atom is -0.296 e. The van der Waals surface area contributed by atoms with Crippen LogP contribution < -0.4 is 16.6 Å². The van der Waals surface area contributed by atoms with E-state index in [-0.39, 0.29) is 11.9 Å². The highest BCUT2D eigenvalue weighted by Gasteiger charge is 2.20. The lowest BCUT2D eigenvalue weighted by Gasteiger charge is -2.04. The van der Waals surface area contributed by atoms with E-state index in [1.165, 1.54) is 0 Å². The molecule has 1 aliphatic heterocycles. The van der Waals surface area contributed by atoms with Crippen LogP contribution in [-0.2, 0) is 4.79 Å². The molecule has 1 heterocycles. The Bertz CT molecular complexity index is 112. The van der Waals surface area contributed by atoms with Crippen molar-refractivity contribution in [2.24, 2.45) is 5.84 Å². The Morgan fingerprint density at radius 1 is 1.89 bits per heavy atom. The van der Waals surface area contributed by atoms with Crippen molar-refractivity contribution >= 4 is 17.7 Å². The molecule has 1 unspecified atom stereocenters. The highest BCUT2D eigenvalue weighted by Crippen LogP contribution is 2.08. The monoisotopic (exact) mass is 147 g/mol. The van der Waals surface area contributed by atoms with Crippen molar-refractivity contribution in [2.45, 2.75) is 6.04 Å². The highest BCUT2D eigenvalue weighted by atomic mass is 32.2. The lowest BCUT2D eigenvalue weighted by molar-refractivity contribution is -0.122. The van der Waals surface area contributed by atoms with E-state index in [1.54, 1.807) is 11.8 Å².